The molecule has 3 nitrogen and oxygen atoms in total. The summed E-state index contributed by atoms with van der Waals surface area (Å²) in [5.41, 5.74) is 6.51. The van der Waals surface area contributed by atoms with Crippen LogP contribution in [0, 0.1) is 6.92 Å². The van der Waals surface area contributed by atoms with Crippen LogP contribution in [0.15, 0.2) is 67.3 Å². The highest BCUT2D eigenvalue weighted by atomic mass is 35.5. The number of aromatic nitrogens is 3. The molecule has 0 spiro atoms. The number of allylic oxidation sites excluding steroid dienone is 2. The SMILES string of the molecule is C=Cc1c(/C=C\C)sc2c(-n3c4ccccc4c4c5c(sc6ccccc65)c(C)c(/C=C\C)c43)nc(Cl)nc12. The van der Waals surface area contributed by atoms with Gasteiger partial charge in [0.2, 0.25) is 5.28 Å². The fourth-order valence-corrected chi connectivity index (χ4v) is 8.37. The molecule has 0 N–H and O–H groups in total. The van der Waals surface area contributed by atoms with E-state index >= 15 is 0 Å². The quantitative estimate of drug-likeness (QED) is 0.200. The number of aryl methyl sites for hydroxylation is 1. The molecule has 0 saturated heterocycles. The van der Waals surface area contributed by atoms with Gasteiger partial charge in [0.25, 0.3) is 0 Å². The number of benzene rings is 3. The number of nitrogens with zero attached hydrogens (tertiary/aromatic N) is 3. The Labute approximate surface area is 239 Å². The van der Waals surface area contributed by atoms with Crippen molar-refractivity contribution in [3.05, 3.63) is 94.1 Å². The summed E-state index contributed by atoms with van der Waals surface area (Å²) < 4.78 is 5.91. The fraction of sp³-hybridized carbons (Fsp3) is 0.0909. The molecular weight excluding hydrogens is 538 g/mol. The third-order valence-corrected chi connectivity index (χ3v) is 9.96. The van der Waals surface area contributed by atoms with Crippen LogP contribution >= 0.6 is 34.3 Å². The first-order valence-electron chi connectivity index (χ1n) is 12.8. The molecule has 0 aliphatic heterocycles. The average molecular weight is 562 g/mol. The van der Waals surface area contributed by atoms with Crippen molar-refractivity contribution in [1.82, 2.24) is 14.5 Å². The van der Waals surface area contributed by atoms with Crippen LogP contribution in [0.25, 0.3) is 76.2 Å². The number of hydrogen-bond acceptors (Lipinski definition) is 4. The van der Waals surface area contributed by atoms with E-state index in [0.29, 0.717) is 0 Å². The van der Waals surface area contributed by atoms with Crippen LogP contribution in [0.4, 0.5) is 0 Å². The lowest BCUT2D eigenvalue weighted by Crippen LogP contribution is -2.01. The maximum Gasteiger partial charge on any atom is 0.225 e. The molecule has 7 rings (SSSR count). The van der Waals surface area contributed by atoms with E-state index in [0.717, 1.165) is 37.5 Å². The van der Waals surface area contributed by atoms with Crippen LogP contribution in [-0.2, 0) is 0 Å². The predicted octanol–water partition coefficient (Wildman–Crippen LogP) is 10.8. The summed E-state index contributed by atoms with van der Waals surface area (Å²) in [5, 5.41) is 5.25. The highest BCUT2D eigenvalue weighted by molar-refractivity contribution is 7.26. The number of fused-ring (bicyclic) bond motifs is 8. The summed E-state index contributed by atoms with van der Waals surface area (Å²) >= 11 is 10.2. The Balaban J connectivity index is 1.79. The second kappa shape index (κ2) is 9.16. The lowest BCUT2D eigenvalue weighted by molar-refractivity contribution is 1.07. The maximum absolute atomic E-state index is 6.65. The first-order chi connectivity index (χ1) is 19.1. The van der Waals surface area contributed by atoms with E-state index in [2.05, 4.69) is 96.7 Å². The van der Waals surface area contributed by atoms with Crippen molar-refractivity contribution < 1.29 is 0 Å². The van der Waals surface area contributed by atoms with E-state index in [4.69, 9.17) is 16.6 Å². The highest BCUT2D eigenvalue weighted by Crippen LogP contribution is 2.48. The van der Waals surface area contributed by atoms with Gasteiger partial charge in [-0.1, -0.05) is 67.3 Å². The normalized spacial score (nSPS) is 12.5. The van der Waals surface area contributed by atoms with Gasteiger partial charge in [-0.3, -0.25) is 4.57 Å². The van der Waals surface area contributed by atoms with E-state index in [1.807, 2.05) is 30.4 Å². The third kappa shape index (κ3) is 3.40. The van der Waals surface area contributed by atoms with Crippen LogP contribution in [-0.4, -0.2) is 14.5 Å². The minimum Gasteiger partial charge on any atom is -0.292 e. The third-order valence-electron chi connectivity index (χ3n) is 7.34. The summed E-state index contributed by atoms with van der Waals surface area (Å²) in [7, 11) is 0. The zero-order valence-electron chi connectivity index (χ0n) is 21.7. The molecule has 0 saturated carbocycles. The van der Waals surface area contributed by atoms with Gasteiger partial charge in [0.1, 0.15) is 0 Å². The average Bonchev–Trinajstić information content (AvgIpc) is 3.60. The fourth-order valence-electron chi connectivity index (χ4n) is 5.79. The molecular formula is C33H24ClN3S2. The number of hydrogen-bond donors (Lipinski definition) is 0. The summed E-state index contributed by atoms with van der Waals surface area (Å²) in [4.78, 5) is 10.7. The molecule has 39 heavy (non-hydrogen) atoms. The predicted molar refractivity (Wildman–Crippen MR) is 174 cm³/mol. The molecule has 0 aliphatic rings. The standard InChI is InChI=1S/C33H24ClN3S2/c1-5-12-20-18(4)30-27(22-15-9-11-17-25(22)38-30)26-21-14-8-10-16-23(21)37(29(20)26)32-31-28(35-33(34)36-32)19(7-3)24(39-31)13-6-2/h5-17H,3H2,1-2,4H3/b12-5-,13-6-. The van der Waals surface area contributed by atoms with E-state index in [1.165, 1.54) is 42.1 Å². The van der Waals surface area contributed by atoms with Gasteiger partial charge in [-0.05, 0) is 56.1 Å². The number of rotatable bonds is 4. The zero-order chi connectivity index (χ0) is 26.8. The molecule has 7 aromatic rings. The van der Waals surface area contributed by atoms with Crippen molar-refractivity contribution in [3.63, 3.8) is 0 Å². The van der Waals surface area contributed by atoms with Gasteiger partial charge in [0.15, 0.2) is 5.82 Å². The Morgan fingerprint density at radius 1 is 0.846 bits per heavy atom. The Bertz CT molecular complexity index is 2190. The van der Waals surface area contributed by atoms with Crippen LogP contribution in [0.1, 0.15) is 35.4 Å². The van der Waals surface area contributed by atoms with Crippen LogP contribution in [0.2, 0.25) is 5.28 Å². The van der Waals surface area contributed by atoms with Crippen LogP contribution < -0.4 is 0 Å². The molecule has 0 radical (unpaired) electrons. The van der Waals surface area contributed by atoms with Crippen molar-refractivity contribution >= 4 is 105 Å². The van der Waals surface area contributed by atoms with Crippen LogP contribution in [0.3, 0.4) is 0 Å². The lowest BCUT2D eigenvalue weighted by atomic mass is 9.97. The Morgan fingerprint density at radius 2 is 1.59 bits per heavy atom. The van der Waals surface area contributed by atoms with Gasteiger partial charge in [-0.2, -0.15) is 4.98 Å². The molecule has 4 aromatic heterocycles. The van der Waals surface area contributed by atoms with E-state index in [-0.39, 0.29) is 5.28 Å². The van der Waals surface area contributed by atoms with Gasteiger partial charge in [-0.25, -0.2) is 4.98 Å². The Morgan fingerprint density at radius 3 is 2.36 bits per heavy atom. The summed E-state index contributed by atoms with van der Waals surface area (Å²) in [5.74, 6) is 0.795. The van der Waals surface area contributed by atoms with Gasteiger partial charge >= 0.3 is 0 Å². The minimum atomic E-state index is 0.225. The van der Waals surface area contributed by atoms with E-state index < -0.39 is 0 Å². The Kier molecular flexibility index (Phi) is 5.70. The summed E-state index contributed by atoms with van der Waals surface area (Å²) in [6.07, 6.45) is 10.4. The van der Waals surface area contributed by atoms with Gasteiger partial charge in [0, 0.05) is 46.9 Å². The zero-order valence-corrected chi connectivity index (χ0v) is 24.1. The van der Waals surface area contributed by atoms with Crippen LogP contribution in [0.5, 0.6) is 0 Å². The highest BCUT2D eigenvalue weighted by Gasteiger charge is 2.25. The Hall–Kier alpha value is -3.77. The smallest absolute Gasteiger partial charge is 0.225 e. The van der Waals surface area contributed by atoms with Crippen molar-refractivity contribution in [3.8, 4) is 5.82 Å². The van der Waals surface area contributed by atoms with Gasteiger partial charge < -0.3 is 0 Å². The van der Waals surface area contributed by atoms with Crippen molar-refractivity contribution in [2.45, 2.75) is 20.8 Å². The lowest BCUT2D eigenvalue weighted by Gasteiger charge is -2.13. The maximum atomic E-state index is 6.65. The second-order valence-corrected chi connectivity index (χ2v) is 11.9. The molecule has 6 heteroatoms. The first kappa shape index (κ1) is 24.3. The van der Waals surface area contributed by atoms with Gasteiger partial charge in [-0.15, -0.1) is 22.7 Å². The topological polar surface area (TPSA) is 30.7 Å². The van der Waals surface area contributed by atoms with E-state index in [1.54, 1.807) is 11.3 Å². The molecule has 0 unspecified atom stereocenters. The van der Waals surface area contributed by atoms with Gasteiger partial charge in [0.05, 0.1) is 21.3 Å². The second-order valence-electron chi connectivity index (χ2n) is 9.50. The number of thiophene rings is 2. The van der Waals surface area contributed by atoms with Crippen molar-refractivity contribution in [1.29, 1.82) is 0 Å². The summed E-state index contributed by atoms with van der Waals surface area (Å²) in [6, 6.07) is 17.3. The van der Waals surface area contributed by atoms with Crippen molar-refractivity contribution in [2.75, 3.05) is 0 Å². The number of halogens is 1. The minimum absolute atomic E-state index is 0.225. The summed E-state index contributed by atoms with van der Waals surface area (Å²) in [6.45, 7) is 10.4. The number of para-hydroxylation sites is 1. The molecule has 0 bridgehead atoms. The molecule has 4 heterocycles. The molecule has 190 valence electrons. The molecule has 0 amide bonds. The largest absolute Gasteiger partial charge is 0.292 e. The van der Waals surface area contributed by atoms with E-state index in [9.17, 15) is 0 Å². The van der Waals surface area contributed by atoms with Crippen molar-refractivity contribution in [2.24, 2.45) is 0 Å². The molecule has 0 aliphatic carbocycles. The molecule has 0 atom stereocenters. The first-order valence-corrected chi connectivity index (χ1v) is 14.8. The monoisotopic (exact) mass is 561 g/mol. The molecule has 3 aromatic carbocycles. The molecule has 0 fully saturated rings.